The zero-order chi connectivity index (χ0) is 21.0. The molecule has 158 valence electrons. The first kappa shape index (κ1) is 22.1. The average Bonchev–Trinajstić information content (AvgIpc) is 3.34. The summed E-state index contributed by atoms with van der Waals surface area (Å²) in [5.41, 5.74) is 1.01. The van der Waals surface area contributed by atoms with Crippen molar-refractivity contribution in [2.75, 3.05) is 19.3 Å². The number of benzene rings is 1. The maximum absolute atomic E-state index is 12.4. The first-order valence-corrected chi connectivity index (χ1v) is 12.7. The van der Waals surface area contributed by atoms with E-state index in [9.17, 15) is 13.2 Å². The van der Waals surface area contributed by atoms with Gasteiger partial charge in [-0.05, 0) is 74.5 Å². The van der Waals surface area contributed by atoms with Crippen molar-refractivity contribution in [3.05, 3.63) is 23.8 Å². The number of thioether (sulfide) groups is 1. The number of nitriles is 1. The summed E-state index contributed by atoms with van der Waals surface area (Å²) in [6.07, 6.45) is 7.41. The number of hydrogen-bond acceptors (Lipinski definition) is 6. The molecule has 2 fully saturated rings. The van der Waals surface area contributed by atoms with E-state index in [0.29, 0.717) is 12.5 Å². The van der Waals surface area contributed by atoms with Crippen molar-refractivity contribution in [2.24, 2.45) is 11.1 Å². The minimum atomic E-state index is -3.71. The van der Waals surface area contributed by atoms with Gasteiger partial charge in [-0.3, -0.25) is 4.79 Å². The Morgan fingerprint density at radius 2 is 2.17 bits per heavy atom. The number of carbonyl (C=O) groups excluding carboxylic acids is 1. The molecule has 1 aromatic carbocycles. The van der Waals surface area contributed by atoms with E-state index in [2.05, 4.69) is 11.4 Å². The molecule has 1 aromatic rings. The lowest BCUT2D eigenvalue weighted by Gasteiger charge is -2.21. The van der Waals surface area contributed by atoms with Gasteiger partial charge in [0.1, 0.15) is 6.04 Å². The second-order valence-electron chi connectivity index (χ2n) is 7.85. The molecule has 0 spiro atoms. The van der Waals surface area contributed by atoms with Crippen molar-refractivity contribution in [3.63, 3.8) is 0 Å². The maximum Gasteiger partial charge on any atom is 0.238 e. The largest absolute Gasteiger partial charge is 0.326 e. The highest BCUT2D eigenvalue weighted by Gasteiger charge is 2.30. The second kappa shape index (κ2) is 9.47. The predicted octanol–water partition coefficient (Wildman–Crippen LogP) is 1.87. The lowest BCUT2D eigenvalue weighted by Crippen LogP contribution is -2.42. The molecule has 29 heavy (non-hydrogen) atoms. The Morgan fingerprint density at radius 3 is 2.86 bits per heavy atom. The minimum Gasteiger partial charge on any atom is -0.326 e. The number of primary sulfonamides is 1. The van der Waals surface area contributed by atoms with Gasteiger partial charge in [-0.2, -0.15) is 5.26 Å². The topological polar surface area (TPSA) is 116 Å². The molecular formula is C20H28N4O3S2. The molecular weight excluding hydrogens is 408 g/mol. The highest BCUT2D eigenvalue weighted by molar-refractivity contribution is 7.98. The fraction of sp³-hybridized carbons (Fsp3) is 0.600. The van der Waals surface area contributed by atoms with Gasteiger partial charge in [-0.25, -0.2) is 13.6 Å². The van der Waals surface area contributed by atoms with Crippen LogP contribution >= 0.6 is 11.8 Å². The highest BCUT2D eigenvalue weighted by Crippen LogP contribution is 2.32. The van der Waals surface area contributed by atoms with Crippen LogP contribution in [0.5, 0.6) is 0 Å². The standard InChI is InChI=1S/C20H28N4O3S2/c1-28-19-7-6-18(29(22,26)27)11-15(19)9-14-4-5-16(10-14)23-13-20(25)24-8-2-3-17(24)12-21/h6-7,11,14,16-17,23H,2-5,8-10,13H2,1H3,(H2,22,26,27)/t14?,16?,17-/m0/s1. The lowest BCUT2D eigenvalue weighted by atomic mass is 9.97. The highest BCUT2D eigenvalue weighted by atomic mass is 32.2. The second-order valence-corrected chi connectivity index (χ2v) is 10.3. The van der Waals surface area contributed by atoms with Gasteiger partial charge in [0, 0.05) is 17.5 Å². The quantitative estimate of drug-likeness (QED) is 0.630. The molecule has 0 bridgehead atoms. The van der Waals surface area contributed by atoms with E-state index in [-0.39, 0.29) is 29.4 Å². The summed E-state index contributed by atoms with van der Waals surface area (Å²) in [5, 5.41) is 17.8. The zero-order valence-corrected chi connectivity index (χ0v) is 18.3. The summed E-state index contributed by atoms with van der Waals surface area (Å²) >= 11 is 1.60. The van der Waals surface area contributed by atoms with Crippen molar-refractivity contribution < 1.29 is 13.2 Å². The van der Waals surface area contributed by atoms with E-state index in [0.717, 1.165) is 49.0 Å². The number of nitrogens with zero attached hydrogens (tertiary/aromatic N) is 2. The van der Waals surface area contributed by atoms with Crippen LogP contribution in [0, 0.1) is 17.2 Å². The zero-order valence-electron chi connectivity index (χ0n) is 16.6. The Bertz CT molecular complexity index is 897. The molecule has 7 nitrogen and oxygen atoms in total. The number of amides is 1. The SMILES string of the molecule is CSc1ccc(S(N)(=O)=O)cc1CC1CCC(NCC(=O)N2CCC[C@H]2C#N)C1. The summed E-state index contributed by atoms with van der Waals surface area (Å²) in [4.78, 5) is 15.3. The number of nitrogens with one attached hydrogen (secondary N) is 1. The third-order valence-corrected chi connectivity index (χ3v) is 7.64. The lowest BCUT2D eigenvalue weighted by molar-refractivity contribution is -0.130. The van der Waals surface area contributed by atoms with E-state index in [4.69, 9.17) is 10.4 Å². The molecule has 1 amide bonds. The van der Waals surface area contributed by atoms with Crippen molar-refractivity contribution in [1.82, 2.24) is 10.2 Å². The Balaban J connectivity index is 1.55. The molecule has 2 aliphatic rings. The van der Waals surface area contributed by atoms with Crippen LogP contribution in [0.1, 0.15) is 37.7 Å². The first-order chi connectivity index (χ1) is 13.8. The maximum atomic E-state index is 12.4. The molecule has 3 atom stereocenters. The van der Waals surface area contributed by atoms with Gasteiger partial charge in [-0.1, -0.05) is 0 Å². The minimum absolute atomic E-state index is 0.00280. The summed E-state index contributed by atoms with van der Waals surface area (Å²) in [7, 11) is -3.71. The van der Waals surface area contributed by atoms with Crippen molar-refractivity contribution in [2.45, 2.75) is 60.4 Å². The van der Waals surface area contributed by atoms with Crippen LogP contribution in [-0.2, 0) is 21.2 Å². The fourth-order valence-electron chi connectivity index (χ4n) is 4.38. The van der Waals surface area contributed by atoms with E-state index in [1.54, 1.807) is 28.8 Å². The fourth-order valence-corrected chi connectivity index (χ4v) is 5.55. The third kappa shape index (κ3) is 5.51. The molecule has 1 saturated heterocycles. The molecule has 0 radical (unpaired) electrons. The van der Waals surface area contributed by atoms with Gasteiger partial charge in [0.25, 0.3) is 0 Å². The summed E-state index contributed by atoms with van der Waals surface area (Å²) in [6, 6.07) is 7.27. The Hall–Kier alpha value is -1.60. The Labute approximate surface area is 177 Å². The van der Waals surface area contributed by atoms with Crippen LogP contribution in [0.25, 0.3) is 0 Å². The summed E-state index contributed by atoms with van der Waals surface area (Å²) in [5.74, 6) is 0.436. The molecule has 2 unspecified atom stereocenters. The number of hydrogen-bond donors (Lipinski definition) is 2. The van der Waals surface area contributed by atoms with Gasteiger partial charge >= 0.3 is 0 Å². The van der Waals surface area contributed by atoms with Gasteiger partial charge in [0.15, 0.2) is 0 Å². The first-order valence-electron chi connectivity index (χ1n) is 9.94. The predicted molar refractivity (Wildman–Crippen MR) is 113 cm³/mol. The van der Waals surface area contributed by atoms with Crippen LogP contribution < -0.4 is 10.5 Å². The molecule has 3 N–H and O–H groups in total. The van der Waals surface area contributed by atoms with Crippen LogP contribution in [0.15, 0.2) is 28.0 Å². The molecule has 0 aromatic heterocycles. The number of rotatable bonds is 7. The van der Waals surface area contributed by atoms with Crippen LogP contribution in [0.2, 0.25) is 0 Å². The van der Waals surface area contributed by atoms with E-state index in [1.165, 1.54) is 0 Å². The number of nitrogens with two attached hydrogens (primary N) is 1. The third-order valence-electron chi connectivity index (χ3n) is 5.89. The monoisotopic (exact) mass is 436 g/mol. The number of carbonyl (C=O) groups is 1. The summed E-state index contributed by atoms with van der Waals surface area (Å²) in [6.45, 7) is 0.941. The van der Waals surface area contributed by atoms with Crippen LogP contribution in [0.4, 0.5) is 0 Å². The van der Waals surface area contributed by atoms with E-state index in [1.807, 2.05) is 12.3 Å². The Kier molecular flexibility index (Phi) is 7.22. The van der Waals surface area contributed by atoms with Crippen molar-refractivity contribution >= 4 is 27.7 Å². The Morgan fingerprint density at radius 1 is 1.38 bits per heavy atom. The van der Waals surface area contributed by atoms with E-state index >= 15 is 0 Å². The average molecular weight is 437 g/mol. The van der Waals surface area contributed by atoms with Gasteiger partial charge in [0.2, 0.25) is 15.9 Å². The van der Waals surface area contributed by atoms with Crippen molar-refractivity contribution in [1.29, 1.82) is 5.26 Å². The molecule has 1 heterocycles. The normalized spacial score (nSPS) is 24.6. The molecule has 1 aliphatic carbocycles. The summed E-state index contributed by atoms with van der Waals surface area (Å²) < 4.78 is 23.4. The van der Waals surface area contributed by atoms with Crippen LogP contribution in [-0.4, -0.2) is 50.7 Å². The van der Waals surface area contributed by atoms with Gasteiger partial charge < -0.3 is 10.2 Å². The molecule has 1 saturated carbocycles. The van der Waals surface area contributed by atoms with E-state index < -0.39 is 10.0 Å². The number of sulfonamides is 1. The number of likely N-dealkylation sites (tertiary alicyclic amines) is 1. The molecule has 9 heteroatoms. The van der Waals surface area contributed by atoms with Crippen LogP contribution in [0.3, 0.4) is 0 Å². The van der Waals surface area contributed by atoms with Gasteiger partial charge in [0.05, 0.1) is 17.5 Å². The van der Waals surface area contributed by atoms with Gasteiger partial charge in [-0.15, -0.1) is 11.8 Å². The smallest absolute Gasteiger partial charge is 0.238 e. The molecule has 3 rings (SSSR count). The molecule has 1 aliphatic heterocycles. The van der Waals surface area contributed by atoms with Crippen molar-refractivity contribution in [3.8, 4) is 6.07 Å².